The van der Waals surface area contributed by atoms with E-state index in [1.807, 2.05) is 12.3 Å². The van der Waals surface area contributed by atoms with Crippen molar-refractivity contribution in [1.29, 1.82) is 0 Å². The number of aromatic nitrogens is 2. The van der Waals surface area contributed by atoms with Gasteiger partial charge in [0.25, 0.3) is 0 Å². The summed E-state index contributed by atoms with van der Waals surface area (Å²) in [4.78, 5) is 4.67. The maximum Gasteiger partial charge on any atom is 0.172 e. The minimum Gasteiger partial charge on any atom is -0.359 e. The fraction of sp³-hybridized carbons (Fsp3) is 0.562. The standard InChI is InChI=1S/C16H25BrN2Si/c1-12(2)20(13(3)4,14(5)11-17)19-10-8-15-7-6-9-18-16(15)19/h6-10,12-14H,11H2,1-5H3. The van der Waals surface area contributed by atoms with Crippen molar-refractivity contribution < 1.29 is 0 Å². The van der Waals surface area contributed by atoms with Gasteiger partial charge in [0, 0.05) is 16.9 Å². The zero-order valence-electron chi connectivity index (χ0n) is 13.1. The average molecular weight is 353 g/mol. The van der Waals surface area contributed by atoms with E-state index >= 15 is 0 Å². The van der Waals surface area contributed by atoms with Crippen LogP contribution in [0.15, 0.2) is 30.6 Å². The molecule has 2 rings (SSSR count). The summed E-state index contributed by atoms with van der Waals surface area (Å²) in [7, 11) is -1.73. The van der Waals surface area contributed by atoms with E-state index < -0.39 is 8.24 Å². The molecule has 2 aromatic rings. The van der Waals surface area contributed by atoms with Crippen LogP contribution in [0.25, 0.3) is 11.0 Å². The number of hydrogen-bond acceptors (Lipinski definition) is 1. The Morgan fingerprint density at radius 1 is 1.15 bits per heavy atom. The molecule has 0 bridgehead atoms. The van der Waals surface area contributed by atoms with Crippen molar-refractivity contribution in [2.75, 3.05) is 5.33 Å². The van der Waals surface area contributed by atoms with E-state index in [2.05, 4.69) is 78.1 Å². The monoisotopic (exact) mass is 352 g/mol. The van der Waals surface area contributed by atoms with Crippen molar-refractivity contribution in [3.05, 3.63) is 30.6 Å². The van der Waals surface area contributed by atoms with Gasteiger partial charge < -0.3 is 4.23 Å². The van der Waals surface area contributed by atoms with Crippen LogP contribution in [0.1, 0.15) is 34.6 Å². The Labute approximate surface area is 131 Å². The molecule has 2 aromatic heterocycles. The number of fused-ring (bicyclic) bond motifs is 1. The molecule has 0 aliphatic carbocycles. The first-order valence-corrected chi connectivity index (χ1v) is 10.7. The first-order valence-electron chi connectivity index (χ1n) is 7.44. The molecule has 1 unspecified atom stereocenters. The van der Waals surface area contributed by atoms with Gasteiger partial charge in [-0.15, -0.1) is 0 Å². The van der Waals surface area contributed by atoms with Crippen molar-refractivity contribution in [2.45, 2.75) is 51.2 Å². The van der Waals surface area contributed by atoms with Crippen LogP contribution in [0.2, 0.25) is 16.6 Å². The Bertz CT molecular complexity index is 569. The number of hydrogen-bond donors (Lipinski definition) is 0. The fourth-order valence-electron chi connectivity index (χ4n) is 4.00. The van der Waals surface area contributed by atoms with Gasteiger partial charge in [0.1, 0.15) is 5.65 Å². The highest BCUT2D eigenvalue weighted by Crippen LogP contribution is 2.44. The molecule has 110 valence electrons. The highest BCUT2D eigenvalue weighted by molar-refractivity contribution is 9.09. The van der Waals surface area contributed by atoms with Crippen LogP contribution in [-0.2, 0) is 0 Å². The Morgan fingerprint density at radius 3 is 2.35 bits per heavy atom. The average Bonchev–Trinajstić information content (AvgIpc) is 2.83. The second-order valence-corrected chi connectivity index (χ2v) is 12.6. The third-order valence-electron chi connectivity index (χ3n) is 4.74. The fourth-order valence-corrected chi connectivity index (χ4v) is 11.9. The van der Waals surface area contributed by atoms with E-state index in [0.29, 0.717) is 16.6 Å². The lowest BCUT2D eigenvalue weighted by atomic mass is 10.3. The molecule has 2 heterocycles. The summed E-state index contributed by atoms with van der Waals surface area (Å²) >= 11 is 3.74. The third kappa shape index (κ3) is 2.27. The van der Waals surface area contributed by atoms with E-state index in [-0.39, 0.29) is 0 Å². The summed E-state index contributed by atoms with van der Waals surface area (Å²) in [6.45, 7) is 12.0. The molecule has 20 heavy (non-hydrogen) atoms. The van der Waals surface area contributed by atoms with Gasteiger partial charge >= 0.3 is 0 Å². The molecule has 0 radical (unpaired) electrons. The molecule has 0 fully saturated rings. The number of rotatable bonds is 5. The molecule has 0 aliphatic heterocycles. The van der Waals surface area contributed by atoms with Crippen molar-refractivity contribution in [3.8, 4) is 0 Å². The number of alkyl halides is 1. The Hall–Kier alpha value is -0.613. The summed E-state index contributed by atoms with van der Waals surface area (Å²) in [6, 6.07) is 6.40. The van der Waals surface area contributed by atoms with E-state index in [1.54, 1.807) is 0 Å². The van der Waals surface area contributed by atoms with Crippen molar-refractivity contribution in [1.82, 2.24) is 9.22 Å². The topological polar surface area (TPSA) is 17.8 Å². The molecule has 0 saturated carbocycles. The first kappa shape index (κ1) is 15.8. The van der Waals surface area contributed by atoms with Gasteiger partial charge in [0.2, 0.25) is 0 Å². The second-order valence-electron chi connectivity index (χ2n) is 6.35. The number of halogens is 1. The van der Waals surface area contributed by atoms with E-state index in [0.717, 1.165) is 11.0 Å². The zero-order valence-corrected chi connectivity index (χ0v) is 15.7. The maximum atomic E-state index is 4.67. The molecule has 0 aliphatic rings. The van der Waals surface area contributed by atoms with Crippen LogP contribution < -0.4 is 0 Å². The quantitative estimate of drug-likeness (QED) is 0.517. The largest absolute Gasteiger partial charge is 0.359 e. The van der Waals surface area contributed by atoms with Gasteiger partial charge in [-0.05, 0) is 41.0 Å². The normalized spacial score (nSPS) is 14.4. The molecule has 4 heteroatoms. The molecule has 1 atom stereocenters. The molecule has 0 N–H and O–H groups in total. The molecular formula is C16H25BrN2Si. The van der Waals surface area contributed by atoms with Gasteiger partial charge in [0.05, 0.1) is 0 Å². The lowest BCUT2D eigenvalue weighted by molar-refractivity contribution is 0.776. The van der Waals surface area contributed by atoms with Crippen molar-refractivity contribution >= 4 is 35.2 Å². The number of pyridine rings is 1. The summed E-state index contributed by atoms with van der Waals surface area (Å²) in [6.07, 6.45) is 4.19. The maximum absolute atomic E-state index is 4.67. The van der Waals surface area contributed by atoms with E-state index in [1.165, 1.54) is 5.39 Å². The predicted molar refractivity (Wildman–Crippen MR) is 94.3 cm³/mol. The minimum atomic E-state index is -1.73. The Kier molecular flexibility index (Phi) is 4.75. The molecular weight excluding hydrogens is 328 g/mol. The van der Waals surface area contributed by atoms with Crippen LogP contribution in [-0.4, -0.2) is 22.8 Å². The predicted octanol–water partition coefficient (Wildman–Crippen LogP) is 5.43. The van der Waals surface area contributed by atoms with Gasteiger partial charge in [-0.25, -0.2) is 4.98 Å². The molecule has 0 aromatic carbocycles. The van der Waals surface area contributed by atoms with Gasteiger partial charge in [-0.1, -0.05) is 50.5 Å². The summed E-state index contributed by atoms with van der Waals surface area (Å²) in [5.74, 6) is 0. The lowest BCUT2D eigenvalue weighted by Crippen LogP contribution is -2.53. The third-order valence-corrected chi connectivity index (χ3v) is 13.0. The van der Waals surface area contributed by atoms with Crippen LogP contribution in [0.5, 0.6) is 0 Å². The van der Waals surface area contributed by atoms with Crippen LogP contribution in [0, 0.1) is 0 Å². The zero-order chi connectivity index (χ0) is 14.9. The van der Waals surface area contributed by atoms with Crippen molar-refractivity contribution in [2.24, 2.45) is 0 Å². The molecule has 0 saturated heterocycles. The van der Waals surface area contributed by atoms with Crippen LogP contribution in [0.4, 0.5) is 0 Å². The SMILES string of the molecule is CC(C)[Si](C(C)C)(C(C)CBr)n1ccc2cccnc21. The number of nitrogens with zero attached hydrogens (tertiary/aromatic N) is 2. The van der Waals surface area contributed by atoms with E-state index in [4.69, 9.17) is 0 Å². The smallest absolute Gasteiger partial charge is 0.172 e. The molecule has 0 amide bonds. The summed E-state index contributed by atoms with van der Waals surface area (Å²) < 4.78 is 2.56. The van der Waals surface area contributed by atoms with Crippen LogP contribution in [0.3, 0.4) is 0 Å². The second kappa shape index (κ2) is 6.02. The van der Waals surface area contributed by atoms with E-state index in [9.17, 15) is 0 Å². The Morgan fingerprint density at radius 2 is 1.80 bits per heavy atom. The van der Waals surface area contributed by atoms with Gasteiger partial charge in [-0.2, -0.15) is 0 Å². The molecule has 0 spiro atoms. The van der Waals surface area contributed by atoms with Gasteiger partial charge in [-0.3, -0.25) is 0 Å². The van der Waals surface area contributed by atoms with Gasteiger partial charge in [0.15, 0.2) is 8.24 Å². The summed E-state index contributed by atoms with van der Waals surface area (Å²) in [5, 5.41) is 2.31. The Balaban J connectivity index is 2.74. The first-order chi connectivity index (χ1) is 9.46. The molecule has 2 nitrogen and oxygen atoms in total. The minimum absolute atomic E-state index is 0.667. The summed E-state index contributed by atoms with van der Waals surface area (Å²) in [5.41, 5.74) is 3.18. The lowest BCUT2D eigenvalue weighted by Gasteiger charge is -2.44. The highest BCUT2D eigenvalue weighted by atomic mass is 79.9. The highest BCUT2D eigenvalue weighted by Gasteiger charge is 2.47. The van der Waals surface area contributed by atoms with Crippen molar-refractivity contribution in [3.63, 3.8) is 0 Å². The van der Waals surface area contributed by atoms with Crippen LogP contribution >= 0.6 is 15.9 Å².